The molecular weight excluding hydrogens is 399 g/mol. The maximum atomic E-state index is 15.3. The average Bonchev–Trinajstić information content (AvgIpc) is 2.98. The summed E-state index contributed by atoms with van der Waals surface area (Å²) in [6.45, 7) is 0.815. The number of halogens is 1. The number of urea groups is 1. The monoisotopic (exact) mass is 428 g/mol. The number of nitrogens with one attached hydrogen (secondary N) is 1. The van der Waals surface area contributed by atoms with Crippen molar-refractivity contribution in [3.63, 3.8) is 0 Å². The van der Waals surface area contributed by atoms with Gasteiger partial charge in [-0.1, -0.05) is 37.7 Å². The lowest BCUT2D eigenvalue weighted by molar-refractivity contribution is -0.167. The zero-order valence-corrected chi connectivity index (χ0v) is 16.9. The van der Waals surface area contributed by atoms with Gasteiger partial charge in [0.2, 0.25) is 0 Å². The lowest BCUT2D eigenvalue weighted by Gasteiger charge is -2.32. The van der Waals surface area contributed by atoms with Gasteiger partial charge in [-0.05, 0) is 18.0 Å². The van der Waals surface area contributed by atoms with Crippen LogP contribution in [0.3, 0.4) is 0 Å². The van der Waals surface area contributed by atoms with E-state index < -0.39 is 55.4 Å². The number of aliphatic hydroxyl groups excluding tert-OH is 1. The van der Waals surface area contributed by atoms with Gasteiger partial charge in [0.1, 0.15) is 5.60 Å². The van der Waals surface area contributed by atoms with Crippen LogP contribution in [0.25, 0.3) is 10.4 Å². The molecule has 168 valence electrons. The van der Waals surface area contributed by atoms with E-state index in [1.807, 2.05) is 0 Å². The highest BCUT2D eigenvalue weighted by Crippen LogP contribution is 2.38. The van der Waals surface area contributed by atoms with Crippen LogP contribution in [-0.4, -0.2) is 65.4 Å². The Bertz CT molecular complexity index is 688. The molecule has 2 aliphatic heterocycles. The Kier molecular flexibility index (Phi) is 8.85. The maximum absolute atomic E-state index is 15.3. The van der Waals surface area contributed by atoms with Crippen LogP contribution < -0.4 is 11.1 Å². The molecule has 12 heteroatoms. The summed E-state index contributed by atoms with van der Waals surface area (Å²) >= 11 is 0. The van der Waals surface area contributed by atoms with Gasteiger partial charge in [0, 0.05) is 17.5 Å². The third kappa shape index (κ3) is 5.60. The number of rotatable bonds is 11. The molecule has 11 nitrogen and oxygen atoms in total. The van der Waals surface area contributed by atoms with Gasteiger partial charge in [-0.2, -0.15) is 0 Å². The van der Waals surface area contributed by atoms with Gasteiger partial charge in [-0.15, -0.1) is 0 Å². The molecule has 2 amide bonds. The first-order chi connectivity index (χ1) is 14.4. The van der Waals surface area contributed by atoms with Crippen molar-refractivity contribution in [2.45, 2.75) is 75.7 Å². The third-order valence-electron chi connectivity index (χ3n) is 5.10. The molecule has 0 spiro atoms. The summed E-state index contributed by atoms with van der Waals surface area (Å²) in [6.07, 6.45) is 1.52. The fourth-order valence-corrected chi connectivity index (χ4v) is 3.44. The number of esters is 1. The van der Waals surface area contributed by atoms with Crippen molar-refractivity contribution in [1.29, 1.82) is 0 Å². The summed E-state index contributed by atoms with van der Waals surface area (Å²) in [6, 6.07) is -0.712. The predicted molar refractivity (Wildman–Crippen MR) is 104 cm³/mol. The van der Waals surface area contributed by atoms with Crippen LogP contribution in [0.1, 0.15) is 45.4 Å². The molecule has 2 aliphatic rings. The van der Waals surface area contributed by atoms with E-state index in [0.29, 0.717) is 6.42 Å². The molecule has 30 heavy (non-hydrogen) atoms. The summed E-state index contributed by atoms with van der Waals surface area (Å²) in [5, 5.41) is 15.7. The molecule has 4 N–H and O–H groups in total. The van der Waals surface area contributed by atoms with Crippen LogP contribution in [0.4, 0.5) is 9.18 Å². The van der Waals surface area contributed by atoms with E-state index in [-0.39, 0.29) is 6.42 Å². The number of nitrogens with two attached hydrogens (primary N) is 1. The molecule has 2 rings (SSSR count). The number of nitrogens with zero attached hydrogens (tertiary/aromatic N) is 4. The van der Waals surface area contributed by atoms with Crippen molar-refractivity contribution in [3.8, 4) is 0 Å². The van der Waals surface area contributed by atoms with Gasteiger partial charge in [-0.3, -0.25) is 9.69 Å². The van der Waals surface area contributed by atoms with Crippen molar-refractivity contribution in [1.82, 2.24) is 10.2 Å². The molecule has 0 aromatic rings. The standard InChI is InChI=1S/C18H29FN6O5/c1-2-3-4-5-6-7-13(27)29-15-14(19)16(25-9-8-12(20)23-17(25)28)30-18(15,11-26)10-22-24-21/h8-9,12,14-16,26H,2-7,10-11,20H2,1H3,(H,23,28)/t12?,14-,15+,16-,18-/m1/s1. The number of azide groups is 1. The molecule has 0 radical (unpaired) electrons. The molecule has 0 aromatic carbocycles. The first kappa shape index (κ1) is 23.9. The number of carbonyl (C=O) groups is 2. The number of hydrogen-bond donors (Lipinski definition) is 3. The molecule has 1 saturated heterocycles. The minimum absolute atomic E-state index is 0.0829. The van der Waals surface area contributed by atoms with Gasteiger partial charge in [0.05, 0.1) is 19.3 Å². The summed E-state index contributed by atoms with van der Waals surface area (Å²) in [5.74, 6) is -0.650. The predicted octanol–water partition coefficient (Wildman–Crippen LogP) is 1.82. The molecule has 0 saturated carbocycles. The fraction of sp³-hybridized carbons (Fsp3) is 0.778. The van der Waals surface area contributed by atoms with Crippen molar-refractivity contribution >= 4 is 12.0 Å². The molecule has 5 atom stereocenters. The van der Waals surface area contributed by atoms with Crippen LogP contribution in [-0.2, 0) is 14.3 Å². The van der Waals surface area contributed by atoms with Gasteiger partial charge < -0.3 is 25.6 Å². The Balaban J connectivity index is 2.15. The number of aliphatic hydroxyl groups is 1. The second kappa shape index (κ2) is 11.1. The number of amides is 2. The third-order valence-corrected chi connectivity index (χ3v) is 5.10. The van der Waals surface area contributed by atoms with Gasteiger partial charge in [0.15, 0.2) is 18.5 Å². The van der Waals surface area contributed by atoms with Crippen LogP contribution >= 0.6 is 0 Å². The molecule has 0 aromatic heterocycles. The Hall–Kier alpha value is -2.40. The molecule has 1 fully saturated rings. The second-order valence-electron chi connectivity index (χ2n) is 7.36. The van der Waals surface area contributed by atoms with E-state index in [1.54, 1.807) is 0 Å². The van der Waals surface area contributed by atoms with Crippen LogP contribution in [0, 0.1) is 0 Å². The van der Waals surface area contributed by atoms with Crippen LogP contribution in [0.5, 0.6) is 0 Å². The Labute approximate surface area is 174 Å². The smallest absolute Gasteiger partial charge is 0.325 e. The summed E-state index contributed by atoms with van der Waals surface area (Å²) < 4.78 is 26.3. The van der Waals surface area contributed by atoms with E-state index in [9.17, 15) is 14.7 Å². The largest absolute Gasteiger partial charge is 0.456 e. The van der Waals surface area contributed by atoms with E-state index in [4.69, 9.17) is 20.7 Å². The number of alkyl halides is 1. The Morgan fingerprint density at radius 1 is 1.50 bits per heavy atom. The van der Waals surface area contributed by atoms with Gasteiger partial charge >= 0.3 is 12.0 Å². The number of unbranched alkanes of at least 4 members (excludes halogenated alkanes) is 4. The Morgan fingerprint density at radius 3 is 2.87 bits per heavy atom. The van der Waals surface area contributed by atoms with E-state index in [1.165, 1.54) is 12.3 Å². The van der Waals surface area contributed by atoms with Gasteiger partial charge in [0.25, 0.3) is 0 Å². The number of carbonyl (C=O) groups excluding carboxylic acids is 2. The highest BCUT2D eigenvalue weighted by Gasteiger charge is 2.60. The zero-order valence-electron chi connectivity index (χ0n) is 16.9. The topological polar surface area (TPSA) is 163 Å². The maximum Gasteiger partial charge on any atom is 0.325 e. The minimum atomic E-state index is -1.99. The fourth-order valence-electron chi connectivity index (χ4n) is 3.44. The second-order valence-corrected chi connectivity index (χ2v) is 7.36. The summed E-state index contributed by atoms with van der Waals surface area (Å²) in [5.41, 5.74) is 12.4. The molecule has 0 aliphatic carbocycles. The molecule has 0 bridgehead atoms. The van der Waals surface area contributed by atoms with Crippen molar-refractivity contribution in [2.75, 3.05) is 13.2 Å². The van der Waals surface area contributed by atoms with Crippen molar-refractivity contribution in [3.05, 3.63) is 22.7 Å². The van der Waals surface area contributed by atoms with Crippen molar-refractivity contribution < 1.29 is 28.6 Å². The molecule has 1 unspecified atom stereocenters. The summed E-state index contributed by atoms with van der Waals surface area (Å²) in [7, 11) is 0. The highest BCUT2D eigenvalue weighted by atomic mass is 19.1. The number of hydrogen-bond acceptors (Lipinski definition) is 7. The first-order valence-electron chi connectivity index (χ1n) is 10.0. The van der Waals surface area contributed by atoms with E-state index >= 15 is 4.39 Å². The minimum Gasteiger partial charge on any atom is -0.456 e. The number of ether oxygens (including phenoxy) is 2. The normalized spacial score (nSPS) is 30.7. The Morgan fingerprint density at radius 2 is 2.23 bits per heavy atom. The first-order valence-corrected chi connectivity index (χ1v) is 10.0. The summed E-state index contributed by atoms with van der Waals surface area (Å²) in [4.78, 5) is 28.0. The molecular formula is C18H29FN6O5. The van der Waals surface area contributed by atoms with E-state index in [0.717, 1.165) is 30.6 Å². The SMILES string of the molecule is CCCCCCCC(=O)O[C@H]1[C@@H](F)[C@H](N2C=CC(N)NC2=O)O[C@@]1(CO)CN=[N+]=[N-]. The lowest BCUT2D eigenvalue weighted by atomic mass is 9.96. The van der Waals surface area contributed by atoms with Crippen LogP contribution in [0.2, 0.25) is 0 Å². The van der Waals surface area contributed by atoms with Crippen LogP contribution in [0.15, 0.2) is 17.4 Å². The lowest BCUT2D eigenvalue weighted by Crippen LogP contribution is -2.54. The zero-order chi connectivity index (χ0) is 22.1. The van der Waals surface area contributed by atoms with Gasteiger partial charge in [-0.25, -0.2) is 9.18 Å². The van der Waals surface area contributed by atoms with E-state index in [2.05, 4.69) is 22.3 Å². The quantitative estimate of drug-likeness (QED) is 0.149. The van der Waals surface area contributed by atoms with Crippen molar-refractivity contribution in [2.24, 2.45) is 10.8 Å². The highest BCUT2D eigenvalue weighted by molar-refractivity contribution is 5.77. The average molecular weight is 428 g/mol. The molecule has 2 heterocycles.